The summed E-state index contributed by atoms with van der Waals surface area (Å²) in [6.07, 6.45) is 6.06. The lowest BCUT2D eigenvalue weighted by Gasteiger charge is -2.17. The minimum absolute atomic E-state index is 0.401. The highest BCUT2D eigenvalue weighted by Crippen LogP contribution is 2.34. The van der Waals surface area contributed by atoms with Crippen molar-refractivity contribution in [3.05, 3.63) is 24.1 Å². The Hall–Kier alpha value is -2.08. The standard InChI is InChI=1S/C18H24N2O4/c1-21-10-11-23-15-9-8-14(12-16(15)22-2)17-19-18(24-20-17)13-6-4-3-5-7-13/h8-9,12-13H,3-7,10-11H2,1-2H3. The highest BCUT2D eigenvalue weighted by molar-refractivity contribution is 5.60. The molecule has 6 heteroatoms. The van der Waals surface area contributed by atoms with Crippen molar-refractivity contribution < 1.29 is 18.7 Å². The molecular weight excluding hydrogens is 308 g/mol. The molecule has 0 aliphatic heterocycles. The van der Waals surface area contributed by atoms with Crippen LogP contribution >= 0.6 is 0 Å². The third kappa shape index (κ3) is 3.87. The van der Waals surface area contributed by atoms with Crippen molar-refractivity contribution in [2.24, 2.45) is 0 Å². The number of rotatable bonds is 7. The zero-order valence-electron chi connectivity index (χ0n) is 14.3. The number of methoxy groups -OCH3 is 2. The van der Waals surface area contributed by atoms with Gasteiger partial charge < -0.3 is 18.7 Å². The lowest BCUT2D eigenvalue weighted by atomic mass is 9.89. The molecule has 0 atom stereocenters. The van der Waals surface area contributed by atoms with Gasteiger partial charge in [-0.15, -0.1) is 0 Å². The summed E-state index contributed by atoms with van der Waals surface area (Å²) >= 11 is 0. The van der Waals surface area contributed by atoms with Gasteiger partial charge in [0, 0.05) is 18.6 Å². The number of benzene rings is 1. The normalized spacial score (nSPS) is 15.4. The van der Waals surface area contributed by atoms with E-state index < -0.39 is 0 Å². The smallest absolute Gasteiger partial charge is 0.230 e. The predicted octanol–water partition coefficient (Wildman–Crippen LogP) is 3.82. The van der Waals surface area contributed by atoms with Crippen LogP contribution in [-0.2, 0) is 4.74 Å². The van der Waals surface area contributed by atoms with Crippen molar-refractivity contribution in [2.75, 3.05) is 27.4 Å². The molecule has 3 rings (SSSR count). The first-order chi connectivity index (χ1) is 11.8. The molecule has 0 bridgehead atoms. The summed E-state index contributed by atoms with van der Waals surface area (Å²) in [4.78, 5) is 4.59. The zero-order valence-corrected chi connectivity index (χ0v) is 14.3. The van der Waals surface area contributed by atoms with Crippen molar-refractivity contribution >= 4 is 0 Å². The quantitative estimate of drug-likeness (QED) is 0.718. The van der Waals surface area contributed by atoms with Gasteiger partial charge in [-0.3, -0.25) is 0 Å². The molecule has 1 aromatic carbocycles. The minimum atomic E-state index is 0.401. The zero-order chi connectivity index (χ0) is 16.8. The van der Waals surface area contributed by atoms with E-state index >= 15 is 0 Å². The van der Waals surface area contributed by atoms with Crippen LogP contribution in [0.3, 0.4) is 0 Å². The lowest BCUT2D eigenvalue weighted by molar-refractivity contribution is 0.144. The predicted molar refractivity (Wildman–Crippen MR) is 89.5 cm³/mol. The fraction of sp³-hybridized carbons (Fsp3) is 0.556. The lowest BCUT2D eigenvalue weighted by Crippen LogP contribution is -2.05. The summed E-state index contributed by atoms with van der Waals surface area (Å²) < 4.78 is 21.5. The van der Waals surface area contributed by atoms with Crippen LogP contribution in [0, 0.1) is 0 Å². The van der Waals surface area contributed by atoms with Crippen LogP contribution in [-0.4, -0.2) is 37.6 Å². The highest BCUT2D eigenvalue weighted by atomic mass is 16.5. The van der Waals surface area contributed by atoms with E-state index in [0.717, 1.165) is 24.3 Å². The van der Waals surface area contributed by atoms with Crippen LogP contribution < -0.4 is 9.47 Å². The molecule has 0 saturated heterocycles. The SMILES string of the molecule is COCCOc1ccc(-c2noc(C3CCCCC3)n2)cc1OC. The van der Waals surface area contributed by atoms with Gasteiger partial charge in [0.1, 0.15) is 6.61 Å². The number of hydrogen-bond acceptors (Lipinski definition) is 6. The molecule has 6 nitrogen and oxygen atoms in total. The fourth-order valence-corrected chi connectivity index (χ4v) is 3.03. The van der Waals surface area contributed by atoms with Crippen LogP contribution in [0.5, 0.6) is 11.5 Å². The fourth-order valence-electron chi connectivity index (χ4n) is 3.03. The maximum absolute atomic E-state index is 5.65. The van der Waals surface area contributed by atoms with Gasteiger partial charge in [-0.2, -0.15) is 4.98 Å². The largest absolute Gasteiger partial charge is 0.493 e. The summed E-state index contributed by atoms with van der Waals surface area (Å²) in [6, 6.07) is 5.65. The topological polar surface area (TPSA) is 66.6 Å². The number of aromatic nitrogens is 2. The molecule has 2 aromatic rings. The number of ether oxygens (including phenoxy) is 3. The summed E-state index contributed by atoms with van der Waals surface area (Å²) in [5, 5.41) is 4.14. The first kappa shape index (κ1) is 16.8. The highest BCUT2D eigenvalue weighted by Gasteiger charge is 2.22. The first-order valence-corrected chi connectivity index (χ1v) is 8.45. The van der Waals surface area contributed by atoms with Gasteiger partial charge in [0.2, 0.25) is 11.7 Å². The van der Waals surface area contributed by atoms with Crippen LogP contribution in [0.2, 0.25) is 0 Å². The van der Waals surface area contributed by atoms with Crippen LogP contribution in [0.4, 0.5) is 0 Å². The van der Waals surface area contributed by atoms with E-state index in [1.54, 1.807) is 14.2 Å². The van der Waals surface area contributed by atoms with Gasteiger partial charge in [-0.1, -0.05) is 24.4 Å². The molecule has 0 spiro atoms. The molecule has 1 saturated carbocycles. The second-order valence-corrected chi connectivity index (χ2v) is 6.00. The molecular formula is C18H24N2O4. The number of nitrogens with zero attached hydrogens (tertiary/aromatic N) is 2. The monoisotopic (exact) mass is 332 g/mol. The second kappa shape index (κ2) is 8.15. The Morgan fingerprint density at radius 3 is 2.67 bits per heavy atom. The van der Waals surface area contributed by atoms with E-state index in [4.69, 9.17) is 18.7 Å². The summed E-state index contributed by atoms with van der Waals surface area (Å²) in [5.41, 5.74) is 0.858. The molecule has 1 heterocycles. The van der Waals surface area contributed by atoms with E-state index in [-0.39, 0.29) is 0 Å². The molecule has 0 radical (unpaired) electrons. The van der Waals surface area contributed by atoms with Crippen molar-refractivity contribution in [2.45, 2.75) is 38.0 Å². The van der Waals surface area contributed by atoms with Gasteiger partial charge in [0.15, 0.2) is 11.5 Å². The molecule has 24 heavy (non-hydrogen) atoms. The summed E-state index contributed by atoms with van der Waals surface area (Å²) in [6.45, 7) is 1.00. The maximum atomic E-state index is 5.65. The van der Waals surface area contributed by atoms with Gasteiger partial charge in [-0.25, -0.2) is 0 Å². The maximum Gasteiger partial charge on any atom is 0.230 e. The minimum Gasteiger partial charge on any atom is -0.493 e. The van der Waals surface area contributed by atoms with E-state index in [1.807, 2.05) is 18.2 Å². The van der Waals surface area contributed by atoms with Gasteiger partial charge in [0.05, 0.1) is 13.7 Å². The molecule has 130 valence electrons. The Balaban J connectivity index is 1.75. The third-order valence-corrected chi connectivity index (χ3v) is 4.36. The van der Waals surface area contributed by atoms with E-state index in [9.17, 15) is 0 Å². The Labute approximate surface area is 142 Å². The van der Waals surface area contributed by atoms with Crippen LogP contribution in [0.25, 0.3) is 11.4 Å². The Morgan fingerprint density at radius 2 is 1.92 bits per heavy atom. The Morgan fingerprint density at radius 1 is 1.08 bits per heavy atom. The van der Waals surface area contributed by atoms with E-state index in [2.05, 4.69) is 10.1 Å². The van der Waals surface area contributed by atoms with Gasteiger partial charge >= 0.3 is 0 Å². The van der Waals surface area contributed by atoms with Crippen molar-refractivity contribution in [1.82, 2.24) is 10.1 Å². The Bertz CT molecular complexity index is 650. The summed E-state index contributed by atoms with van der Waals surface area (Å²) in [5.74, 6) is 3.07. The molecule has 1 fully saturated rings. The first-order valence-electron chi connectivity index (χ1n) is 8.45. The van der Waals surface area contributed by atoms with Crippen molar-refractivity contribution in [3.8, 4) is 22.9 Å². The second-order valence-electron chi connectivity index (χ2n) is 6.00. The van der Waals surface area contributed by atoms with Gasteiger partial charge in [-0.05, 0) is 31.0 Å². The molecule has 1 aliphatic carbocycles. The molecule has 1 aromatic heterocycles. The summed E-state index contributed by atoms with van der Waals surface area (Å²) in [7, 11) is 3.26. The third-order valence-electron chi connectivity index (χ3n) is 4.36. The average molecular weight is 332 g/mol. The van der Waals surface area contributed by atoms with Crippen molar-refractivity contribution in [1.29, 1.82) is 0 Å². The number of hydrogen-bond donors (Lipinski definition) is 0. The molecule has 1 aliphatic rings. The Kier molecular flexibility index (Phi) is 5.69. The van der Waals surface area contributed by atoms with Crippen LogP contribution in [0.15, 0.2) is 22.7 Å². The molecule has 0 N–H and O–H groups in total. The van der Waals surface area contributed by atoms with E-state index in [1.165, 1.54) is 19.3 Å². The molecule has 0 amide bonds. The van der Waals surface area contributed by atoms with Crippen molar-refractivity contribution in [3.63, 3.8) is 0 Å². The van der Waals surface area contributed by atoms with Crippen LogP contribution in [0.1, 0.15) is 43.9 Å². The molecule has 0 unspecified atom stereocenters. The van der Waals surface area contributed by atoms with E-state index in [0.29, 0.717) is 36.5 Å². The average Bonchev–Trinajstić information content (AvgIpc) is 3.13. The van der Waals surface area contributed by atoms with Gasteiger partial charge in [0.25, 0.3) is 0 Å².